The summed E-state index contributed by atoms with van der Waals surface area (Å²) in [5.74, 6) is 0.801. The lowest BCUT2D eigenvalue weighted by molar-refractivity contribution is -0.115. The maximum atomic E-state index is 12.7. The summed E-state index contributed by atoms with van der Waals surface area (Å²) in [4.78, 5) is 12.7. The van der Waals surface area contributed by atoms with Crippen LogP contribution in [-0.2, 0) is 17.8 Å². The Morgan fingerprint density at radius 3 is 2.74 bits per heavy atom. The van der Waals surface area contributed by atoms with Gasteiger partial charge in [-0.3, -0.25) is 9.36 Å². The number of carbonyl (C=O) groups excluding carboxylic acids is 1. The predicted octanol–water partition coefficient (Wildman–Crippen LogP) is 4.18. The number of benzene rings is 2. The molecular formula is C21H20N4OS. The van der Waals surface area contributed by atoms with Crippen LogP contribution in [0, 0.1) is 0 Å². The number of aromatic nitrogens is 3. The number of para-hydroxylation sites is 1. The number of anilines is 1. The zero-order chi connectivity index (χ0) is 18.6. The van der Waals surface area contributed by atoms with Crippen LogP contribution in [0.5, 0.6) is 0 Å². The average Bonchev–Trinajstić information content (AvgIpc) is 3.01. The summed E-state index contributed by atoms with van der Waals surface area (Å²) < 4.78 is 2.01. The van der Waals surface area contributed by atoms with Crippen LogP contribution in [0.15, 0.2) is 72.4 Å². The number of hydrogen-bond acceptors (Lipinski definition) is 4. The zero-order valence-corrected chi connectivity index (χ0v) is 15.7. The molecule has 0 aliphatic carbocycles. The first kappa shape index (κ1) is 17.5. The van der Waals surface area contributed by atoms with Gasteiger partial charge in [-0.25, -0.2) is 0 Å². The fraction of sp³-hybridized carbons (Fsp3) is 0.190. The maximum absolute atomic E-state index is 12.7. The number of allylic oxidation sites excluding steroid dienone is 1. The first-order valence-corrected chi connectivity index (χ1v) is 9.79. The predicted molar refractivity (Wildman–Crippen MR) is 109 cm³/mol. The number of amides is 1. The van der Waals surface area contributed by atoms with E-state index in [9.17, 15) is 4.79 Å². The summed E-state index contributed by atoms with van der Waals surface area (Å²) in [7, 11) is 0. The van der Waals surface area contributed by atoms with E-state index < -0.39 is 0 Å². The van der Waals surface area contributed by atoms with Gasteiger partial charge in [-0.05, 0) is 24.5 Å². The summed E-state index contributed by atoms with van der Waals surface area (Å²) >= 11 is 1.47. The van der Waals surface area contributed by atoms with Crippen LogP contribution in [0.3, 0.4) is 0 Å². The molecule has 0 radical (unpaired) electrons. The summed E-state index contributed by atoms with van der Waals surface area (Å²) in [6, 6.07) is 17.9. The Morgan fingerprint density at radius 2 is 1.93 bits per heavy atom. The van der Waals surface area contributed by atoms with Gasteiger partial charge in [0.1, 0.15) is 0 Å². The van der Waals surface area contributed by atoms with Crippen molar-refractivity contribution < 1.29 is 4.79 Å². The molecule has 136 valence electrons. The van der Waals surface area contributed by atoms with Crippen molar-refractivity contribution in [3.63, 3.8) is 0 Å². The zero-order valence-electron chi connectivity index (χ0n) is 14.8. The molecule has 1 N–H and O–H groups in total. The lowest BCUT2D eigenvalue weighted by Crippen LogP contribution is -2.24. The van der Waals surface area contributed by atoms with Gasteiger partial charge in [0.2, 0.25) is 5.91 Å². The number of aryl methyl sites for hydroxylation is 1. The van der Waals surface area contributed by atoms with Crippen LogP contribution in [0.25, 0.3) is 11.4 Å². The van der Waals surface area contributed by atoms with E-state index in [0.717, 1.165) is 35.1 Å². The molecule has 2 heterocycles. The Balaban J connectivity index is 1.60. The van der Waals surface area contributed by atoms with Gasteiger partial charge in [0.05, 0.1) is 5.25 Å². The first-order valence-electron chi connectivity index (χ1n) is 8.91. The molecule has 0 spiro atoms. The van der Waals surface area contributed by atoms with Gasteiger partial charge >= 0.3 is 0 Å². The van der Waals surface area contributed by atoms with Crippen molar-refractivity contribution in [2.75, 3.05) is 5.32 Å². The van der Waals surface area contributed by atoms with E-state index >= 15 is 0 Å². The minimum absolute atomic E-state index is 0.0133. The molecule has 1 atom stereocenters. The van der Waals surface area contributed by atoms with Gasteiger partial charge in [-0.15, -0.1) is 16.8 Å². The second-order valence-corrected chi connectivity index (χ2v) is 7.53. The molecule has 6 heteroatoms. The lowest BCUT2D eigenvalue weighted by atomic mass is 10.1. The summed E-state index contributed by atoms with van der Waals surface area (Å²) in [5.41, 5.74) is 3.08. The second-order valence-electron chi connectivity index (χ2n) is 6.36. The average molecular weight is 376 g/mol. The fourth-order valence-electron chi connectivity index (χ4n) is 3.20. The van der Waals surface area contributed by atoms with Crippen LogP contribution in [0.2, 0.25) is 0 Å². The van der Waals surface area contributed by atoms with Crippen molar-refractivity contribution in [3.8, 4) is 11.4 Å². The van der Waals surface area contributed by atoms with Gasteiger partial charge in [0.15, 0.2) is 11.0 Å². The third-order valence-electron chi connectivity index (χ3n) is 4.55. The van der Waals surface area contributed by atoms with E-state index in [1.54, 1.807) is 0 Å². The highest BCUT2D eigenvalue weighted by atomic mass is 32.2. The van der Waals surface area contributed by atoms with Crippen LogP contribution >= 0.6 is 11.8 Å². The molecule has 0 bridgehead atoms. The molecule has 5 nitrogen and oxygen atoms in total. The molecule has 0 fully saturated rings. The molecule has 4 rings (SSSR count). The van der Waals surface area contributed by atoms with E-state index in [4.69, 9.17) is 0 Å². The Hall–Kier alpha value is -2.86. The maximum Gasteiger partial charge on any atom is 0.237 e. The third-order valence-corrected chi connectivity index (χ3v) is 5.80. The van der Waals surface area contributed by atoms with Gasteiger partial charge in [0.25, 0.3) is 0 Å². The molecule has 2 aromatic carbocycles. The van der Waals surface area contributed by atoms with Crippen molar-refractivity contribution in [2.24, 2.45) is 0 Å². The van der Waals surface area contributed by atoms with Gasteiger partial charge in [-0.1, -0.05) is 66.4 Å². The second kappa shape index (κ2) is 7.80. The molecule has 0 saturated heterocycles. The van der Waals surface area contributed by atoms with Crippen molar-refractivity contribution in [3.05, 3.63) is 72.8 Å². The molecule has 0 saturated carbocycles. The molecular weight excluding hydrogens is 356 g/mol. The number of nitrogens with zero attached hydrogens (tertiary/aromatic N) is 3. The molecule has 27 heavy (non-hydrogen) atoms. The SMILES string of the molecule is C=CCn1c(S[C@@H]2CCc3ccccc3NC2=O)nnc1-c1ccccc1. The van der Waals surface area contributed by atoms with Crippen molar-refractivity contribution >= 4 is 23.4 Å². The number of nitrogens with one attached hydrogen (secondary N) is 1. The van der Waals surface area contributed by atoms with Crippen LogP contribution in [0.1, 0.15) is 12.0 Å². The number of fused-ring (bicyclic) bond motifs is 1. The number of thioether (sulfide) groups is 1. The minimum Gasteiger partial charge on any atom is -0.325 e. The Bertz CT molecular complexity index is 967. The van der Waals surface area contributed by atoms with Gasteiger partial charge in [-0.2, -0.15) is 0 Å². The Kier molecular flexibility index (Phi) is 5.07. The van der Waals surface area contributed by atoms with Crippen LogP contribution < -0.4 is 5.32 Å². The highest BCUT2D eigenvalue weighted by Gasteiger charge is 2.27. The summed E-state index contributed by atoms with van der Waals surface area (Å²) in [6.45, 7) is 4.44. The molecule has 1 aliphatic rings. The normalized spacial score (nSPS) is 16.3. The van der Waals surface area contributed by atoms with E-state index in [2.05, 4.69) is 28.2 Å². The minimum atomic E-state index is -0.214. The van der Waals surface area contributed by atoms with E-state index in [-0.39, 0.29) is 11.2 Å². The van der Waals surface area contributed by atoms with Gasteiger partial charge in [0, 0.05) is 17.8 Å². The molecule has 1 aromatic heterocycles. The quantitative estimate of drug-likeness (QED) is 0.679. The third kappa shape index (κ3) is 3.66. The molecule has 1 aliphatic heterocycles. The standard InChI is InChI=1S/C21H20N4OS/c1-2-14-25-19(16-9-4-3-5-10-16)23-24-21(25)27-18-13-12-15-8-6-7-11-17(15)22-20(18)26/h2-11,18H,1,12-14H2,(H,22,26)/t18-/m1/s1. The van der Waals surface area contributed by atoms with E-state index in [1.165, 1.54) is 17.3 Å². The number of rotatable bonds is 5. The number of hydrogen-bond donors (Lipinski definition) is 1. The summed E-state index contributed by atoms with van der Waals surface area (Å²) in [6.07, 6.45) is 3.44. The Morgan fingerprint density at radius 1 is 1.15 bits per heavy atom. The highest BCUT2D eigenvalue weighted by molar-refractivity contribution is 8.00. The Labute approximate surface area is 162 Å². The topological polar surface area (TPSA) is 59.8 Å². The number of carbonyl (C=O) groups is 1. The van der Waals surface area contributed by atoms with Crippen molar-refractivity contribution in [2.45, 2.75) is 29.8 Å². The summed E-state index contributed by atoms with van der Waals surface area (Å²) in [5, 5.41) is 12.3. The van der Waals surface area contributed by atoms with Crippen molar-refractivity contribution in [1.29, 1.82) is 0 Å². The van der Waals surface area contributed by atoms with Crippen LogP contribution in [0.4, 0.5) is 5.69 Å². The monoisotopic (exact) mass is 376 g/mol. The fourth-order valence-corrected chi connectivity index (χ4v) is 4.23. The lowest BCUT2D eigenvalue weighted by Gasteiger charge is -2.13. The molecule has 3 aromatic rings. The van der Waals surface area contributed by atoms with Gasteiger partial charge < -0.3 is 5.32 Å². The highest BCUT2D eigenvalue weighted by Crippen LogP contribution is 2.32. The van der Waals surface area contributed by atoms with E-state index in [0.29, 0.717) is 6.54 Å². The van der Waals surface area contributed by atoms with E-state index in [1.807, 2.05) is 59.2 Å². The molecule has 1 amide bonds. The largest absolute Gasteiger partial charge is 0.325 e. The van der Waals surface area contributed by atoms with Crippen molar-refractivity contribution in [1.82, 2.24) is 14.8 Å². The smallest absolute Gasteiger partial charge is 0.237 e. The molecule has 0 unspecified atom stereocenters. The first-order chi connectivity index (χ1) is 13.3. The van der Waals surface area contributed by atoms with Crippen LogP contribution in [-0.4, -0.2) is 25.9 Å².